The zero-order valence-electron chi connectivity index (χ0n) is 13.0. The van der Waals surface area contributed by atoms with Crippen LogP contribution in [0, 0.1) is 0 Å². The van der Waals surface area contributed by atoms with Gasteiger partial charge in [-0.05, 0) is 18.2 Å². The van der Waals surface area contributed by atoms with Crippen LogP contribution in [0.4, 0.5) is 5.82 Å². The van der Waals surface area contributed by atoms with Gasteiger partial charge in [-0.2, -0.15) is 0 Å². The number of nitrogens with zero attached hydrogens (tertiary/aromatic N) is 4. The van der Waals surface area contributed by atoms with Gasteiger partial charge in [0.1, 0.15) is 22.9 Å². The molecule has 1 fully saturated rings. The first-order valence-electron chi connectivity index (χ1n) is 7.67. The first-order valence-corrected chi connectivity index (χ1v) is 7.67. The smallest absolute Gasteiger partial charge is 0.143 e. The fourth-order valence-corrected chi connectivity index (χ4v) is 2.89. The second-order valence-corrected chi connectivity index (χ2v) is 5.39. The zero-order chi connectivity index (χ0) is 15.6. The van der Waals surface area contributed by atoms with Crippen LogP contribution in [0.25, 0.3) is 17.0 Å². The van der Waals surface area contributed by atoms with Crippen molar-refractivity contribution >= 4 is 11.5 Å². The summed E-state index contributed by atoms with van der Waals surface area (Å²) in [6, 6.07) is 9.77. The first-order chi connectivity index (χ1) is 11.4. The second-order valence-electron chi connectivity index (χ2n) is 5.39. The molecule has 0 amide bonds. The van der Waals surface area contributed by atoms with Crippen LogP contribution in [0.5, 0.6) is 5.75 Å². The molecule has 0 radical (unpaired) electrons. The Balaban J connectivity index is 1.92. The van der Waals surface area contributed by atoms with Gasteiger partial charge in [-0.15, -0.1) is 0 Å². The number of anilines is 1. The Labute approximate surface area is 134 Å². The predicted octanol–water partition coefficient (Wildman–Crippen LogP) is 2.24. The molecule has 0 N–H and O–H groups in total. The van der Waals surface area contributed by atoms with Crippen molar-refractivity contribution in [1.82, 2.24) is 14.4 Å². The molecule has 0 aliphatic carbocycles. The van der Waals surface area contributed by atoms with E-state index in [1.165, 1.54) is 0 Å². The van der Waals surface area contributed by atoms with E-state index in [1.807, 2.05) is 36.5 Å². The van der Waals surface area contributed by atoms with Crippen molar-refractivity contribution in [2.45, 2.75) is 0 Å². The van der Waals surface area contributed by atoms with Crippen molar-refractivity contribution in [1.29, 1.82) is 0 Å². The summed E-state index contributed by atoms with van der Waals surface area (Å²) in [5.41, 5.74) is 2.61. The second kappa shape index (κ2) is 5.89. The molecule has 1 saturated heterocycles. The van der Waals surface area contributed by atoms with Gasteiger partial charge in [-0.3, -0.25) is 9.38 Å². The van der Waals surface area contributed by atoms with Crippen LogP contribution in [-0.2, 0) is 4.74 Å². The minimum atomic E-state index is 0.727. The molecule has 6 heteroatoms. The molecular weight excluding hydrogens is 292 g/mol. The van der Waals surface area contributed by atoms with Gasteiger partial charge < -0.3 is 14.4 Å². The first kappa shape index (κ1) is 14.0. The lowest BCUT2D eigenvalue weighted by Crippen LogP contribution is -2.37. The third-order valence-electron chi connectivity index (χ3n) is 4.03. The van der Waals surface area contributed by atoms with Gasteiger partial charge in [0.25, 0.3) is 0 Å². The van der Waals surface area contributed by atoms with Gasteiger partial charge in [0.2, 0.25) is 0 Å². The summed E-state index contributed by atoms with van der Waals surface area (Å²) in [5.74, 6) is 1.85. The highest BCUT2D eigenvalue weighted by Crippen LogP contribution is 2.32. The Morgan fingerprint density at radius 3 is 2.78 bits per heavy atom. The minimum Gasteiger partial charge on any atom is -0.497 e. The Morgan fingerprint density at radius 1 is 1.17 bits per heavy atom. The third kappa shape index (κ3) is 2.51. The Hall–Kier alpha value is -2.60. The van der Waals surface area contributed by atoms with Crippen LogP contribution in [0.15, 0.2) is 42.7 Å². The van der Waals surface area contributed by atoms with E-state index in [0.717, 1.165) is 54.9 Å². The van der Waals surface area contributed by atoms with Gasteiger partial charge in [0, 0.05) is 31.5 Å². The maximum Gasteiger partial charge on any atom is 0.143 e. The lowest BCUT2D eigenvalue weighted by Gasteiger charge is -2.29. The summed E-state index contributed by atoms with van der Waals surface area (Å²) in [7, 11) is 1.66. The number of morpholine rings is 1. The number of pyridine rings is 2. The van der Waals surface area contributed by atoms with E-state index in [1.54, 1.807) is 13.3 Å². The minimum absolute atomic E-state index is 0.727. The molecule has 0 aromatic carbocycles. The molecule has 3 aromatic heterocycles. The van der Waals surface area contributed by atoms with E-state index in [-0.39, 0.29) is 0 Å². The van der Waals surface area contributed by atoms with Crippen LogP contribution in [0.1, 0.15) is 0 Å². The van der Waals surface area contributed by atoms with E-state index >= 15 is 0 Å². The number of hydrogen-bond acceptors (Lipinski definition) is 5. The van der Waals surface area contributed by atoms with Gasteiger partial charge in [-0.1, -0.05) is 6.07 Å². The lowest BCUT2D eigenvalue weighted by molar-refractivity contribution is 0.122. The third-order valence-corrected chi connectivity index (χ3v) is 4.03. The Bertz CT molecular complexity index is 810. The average molecular weight is 310 g/mol. The molecule has 1 aliphatic heterocycles. The highest BCUT2D eigenvalue weighted by atomic mass is 16.5. The van der Waals surface area contributed by atoms with Crippen LogP contribution >= 0.6 is 0 Å². The van der Waals surface area contributed by atoms with E-state index < -0.39 is 0 Å². The molecule has 23 heavy (non-hydrogen) atoms. The topological polar surface area (TPSA) is 51.9 Å². The molecule has 0 spiro atoms. The summed E-state index contributed by atoms with van der Waals surface area (Å²) in [5, 5.41) is 0. The molecule has 0 saturated carbocycles. The fraction of sp³-hybridized carbons (Fsp3) is 0.294. The fourth-order valence-electron chi connectivity index (χ4n) is 2.89. The van der Waals surface area contributed by atoms with Crippen LogP contribution in [-0.4, -0.2) is 47.8 Å². The van der Waals surface area contributed by atoms with Gasteiger partial charge in [0.15, 0.2) is 0 Å². The maximum atomic E-state index is 5.48. The van der Waals surface area contributed by atoms with Crippen LogP contribution in [0.2, 0.25) is 0 Å². The van der Waals surface area contributed by atoms with Crippen LogP contribution < -0.4 is 9.64 Å². The van der Waals surface area contributed by atoms with Gasteiger partial charge in [-0.25, -0.2) is 4.98 Å². The van der Waals surface area contributed by atoms with Crippen LogP contribution in [0.3, 0.4) is 0 Å². The number of methoxy groups -OCH3 is 1. The highest BCUT2D eigenvalue weighted by molar-refractivity contribution is 5.75. The molecule has 4 heterocycles. The number of ether oxygens (including phenoxy) is 2. The summed E-state index contributed by atoms with van der Waals surface area (Å²) in [6.07, 6.45) is 3.79. The van der Waals surface area contributed by atoms with Crippen molar-refractivity contribution < 1.29 is 9.47 Å². The largest absolute Gasteiger partial charge is 0.497 e. The SMILES string of the molecule is COc1ccn2c(N3CCOCC3)c(-c3ccccn3)nc2c1. The van der Waals surface area contributed by atoms with Gasteiger partial charge >= 0.3 is 0 Å². The number of aromatic nitrogens is 3. The van der Waals surface area contributed by atoms with E-state index in [9.17, 15) is 0 Å². The van der Waals surface area contributed by atoms with E-state index in [4.69, 9.17) is 14.5 Å². The molecule has 0 unspecified atom stereocenters. The maximum absolute atomic E-state index is 5.48. The molecule has 118 valence electrons. The van der Waals surface area contributed by atoms with E-state index in [2.05, 4.69) is 14.3 Å². The molecular formula is C17H18N4O2. The summed E-state index contributed by atoms with van der Waals surface area (Å²) in [4.78, 5) is 11.6. The van der Waals surface area contributed by atoms with Crippen molar-refractivity contribution in [3.05, 3.63) is 42.7 Å². The standard InChI is InChI=1S/C17H18N4O2/c1-22-13-5-7-21-15(12-13)19-16(14-4-2-3-6-18-14)17(21)20-8-10-23-11-9-20/h2-7,12H,8-11H2,1H3. The average Bonchev–Trinajstić information content (AvgIpc) is 3.01. The molecule has 6 nitrogen and oxygen atoms in total. The monoisotopic (exact) mass is 310 g/mol. The number of hydrogen-bond donors (Lipinski definition) is 0. The lowest BCUT2D eigenvalue weighted by atomic mass is 10.2. The van der Waals surface area contributed by atoms with E-state index in [0.29, 0.717) is 0 Å². The molecule has 0 atom stereocenters. The Morgan fingerprint density at radius 2 is 2.04 bits per heavy atom. The van der Waals surface area contributed by atoms with Crippen molar-refractivity contribution in [2.75, 3.05) is 38.3 Å². The Kier molecular flexibility index (Phi) is 3.59. The van der Waals surface area contributed by atoms with Crippen molar-refractivity contribution in [3.63, 3.8) is 0 Å². The molecule has 0 bridgehead atoms. The number of rotatable bonds is 3. The normalized spacial score (nSPS) is 15.1. The summed E-state index contributed by atoms with van der Waals surface area (Å²) in [6.45, 7) is 3.15. The summed E-state index contributed by atoms with van der Waals surface area (Å²) < 4.78 is 12.9. The molecule has 1 aliphatic rings. The number of fused-ring (bicyclic) bond motifs is 1. The molecule has 4 rings (SSSR count). The summed E-state index contributed by atoms with van der Waals surface area (Å²) >= 11 is 0. The van der Waals surface area contributed by atoms with Gasteiger partial charge in [0.05, 0.1) is 26.0 Å². The van der Waals surface area contributed by atoms with Crippen molar-refractivity contribution in [2.24, 2.45) is 0 Å². The molecule has 3 aromatic rings. The zero-order valence-corrected chi connectivity index (χ0v) is 13.0. The number of imidazole rings is 1. The van der Waals surface area contributed by atoms with Crippen molar-refractivity contribution in [3.8, 4) is 17.1 Å². The quantitative estimate of drug-likeness (QED) is 0.742. The highest BCUT2D eigenvalue weighted by Gasteiger charge is 2.22. The predicted molar refractivity (Wildman–Crippen MR) is 88.0 cm³/mol.